The van der Waals surface area contributed by atoms with Crippen molar-refractivity contribution < 1.29 is 9.90 Å². The highest BCUT2D eigenvalue weighted by Gasteiger charge is 1.87. The predicted molar refractivity (Wildman–Crippen MR) is 25.7 cm³/mol. The van der Waals surface area contributed by atoms with Crippen LogP contribution in [-0.2, 0) is 4.79 Å². The molecule has 0 amide bonds. The highest BCUT2D eigenvalue weighted by molar-refractivity contribution is 5.51. The highest BCUT2D eigenvalue weighted by Crippen LogP contribution is 1.64. The van der Waals surface area contributed by atoms with Crippen LogP contribution >= 0.6 is 0 Å². The van der Waals surface area contributed by atoms with Crippen molar-refractivity contribution in [1.29, 1.82) is 0 Å². The van der Waals surface area contributed by atoms with Crippen LogP contribution in [0.15, 0.2) is 0 Å². The molecular formula is C4H9NO2. The average Bonchev–Trinajstić information content (AvgIpc) is 1.61. The van der Waals surface area contributed by atoms with Crippen LogP contribution in [0.25, 0.3) is 0 Å². The Kier molecular flexibility index (Phi) is 3.55. The quantitative estimate of drug-likeness (QED) is 0.360. The van der Waals surface area contributed by atoms with Crippen molar-refractivity contribution in [1.82, 2.24) is 5.32 Å². The van der Waals surface area contributed by atoms with Gasteiger partial charge in [-0.1, -0.05) is 0 Å². The molecule has 0 aliphatic rings. The molecule has 0 aromatic heterocycles. The van der Waals surface area contributed by atoms with Crippen molar-refractivity contribution in [2.75, 3.05) is 6.54 Å². The van der Waals surface area contributed by atoms with Gasteiger partial charge in [0.25, 0.3) is 0 Å². The van der Waals surface area contributed by atoms with E-state index in [1.807, 2.05) is 0 Å². The number of aliphatic hydroxyl groups excluding tert-OH is 1. The van der Waals surface area contributed by atoms with Gasteiger partial charge in [-0.25, -0.2) is 0 Å². The number of aldehydes is 1. The number of carbonyl (C=O) groups excluding carboxylic acids is 1. The number of hydrogen-bond acceptors (Lipinski definition) is 3. The summed E-state index contributed by atoms with van der Waals surface area (Å²) in [4.78, 5) is 9.54. The van der Waals surface area contributed by atoms with Crippen molar-refractivity contribution in [3.8, 4) is 0 Å². The van der Waals surface area contributed by atoms with Crippen molar-refractivity contribution in [2.24, 2.45) is 0 Å². The molecule has 0 rings (SSSR count). The van der Waals surface area contributed by atoms with Gasteiger partial charge < -0.3 is 9.90 Å². The fraction of sp³-hybridized carbons (Fsp3) is 0.750. The Morgan fingerprint density at radius 2 is 2.57 bits per heavy atom. The first-order chi connectivity index (χ1) is 3.27. The Morgan fingerprint density at radius 1 is 2.00 bits per heavy atom. The second-order valence-corrected chi connectivity index (χ2v) is 1.25. The molecule has 0 aliphatic heterocycles. The summed E-state index contributed by atoms with van der Waals surface area (Å²) < 4.78 is 0. The van der Waals surface area contributed by atoms with Gasteiger partial charge in [-0.05, 0) is 6.92 Å². The molecule has 0 bridgehead atoms. The maximum absolute atomic E-state index is 9.54. The molecule has 0 saturated carbocycles. The summed E-state index contributed by atoms with van der Waals surface area (Å²) in [5.74, 6) is 0. The van der Waals surface area contributed by atoms with Gasteiger partial charge in [0.1, 0.15) is 12.5 Å². The number of nitrogens with one attached hydrogen (secondary N) is 1. The Balaban J connectivity index is 2.81. The molecule has 0 saturated heterocycles. The smallest absolute Gasteiger partial charge is 0.133 e. The fourth-order valence-electron chi connectivity index (χ4n) is 0.219. The van der Waals surface area contributed by atoms with E-state index in [0.29, 0.717) is 6.29 Å². The zero-order valence-electron chi connectivity index (χ0n) is 4.22. The van der Waals surface area contributed by atoms with E-state index < -0.39 is 6.23 Å². The molecule has 7 heavy (non-hydrogen) atoms. The SMILES string of the molecule is CC(O)NCC=O. The maximum Gasteiger partial charge on any atom is 0.133 e. The highest BCUT2D eigenvalue weighted by atomic mass is 16.3. The fourth-order valence-corrected chi connectivity index (χ4v) is 0.219. The Hall–Kier alpha value is -0.410. The Morgan fingerprint density at radius 3 is 2.71 bits per heavy atom. The summed E-state index contributed by atoms with van der Waals surface area (Å²) in [6.45, 7) is 1.78. The summed E-state index contributed by atoms with van der Waals surface area (Å²) in [5.41, 5.74) is 0. The van der Waals surface area contributed by atoms with Crippen LogP contribution in [0.5, 0.6) is 0 Å². The number of hydrogen-bond donors (Lipinski definition) is 2. The lowest BCUT2D eigenvalue weighted by molar-refractivity contribution is -0.107. The standard InChI is InChI=1S/C4H9NO2/c1-4(7)5-2-3-6/h3-5,7H,2H2,1H3. The second-order valence-electron chi connectivity index (χ2n) is 1.25. The summed E-state index contributed by atoms with van der Waals surface area (Å²) >= 11 is 0. The van der Waals surface area contributed by atoms with Gasteiger partial charge in [0.15, 0.2) is 0 Å². The molecule has 1 unspecified atom stereocenters. The third-order valence-electron chi connectivity index (χ3n) is 0.497. The van der Waals surface area contributed by atoms with Crippen molar-refractivity contribution in [3.05, 3.63) is 0 Å². The van der Waals surface area contributed by atoms with Crippen molar-refractivity contribution in [3.63, 3.8) is 0 Å². The van der Waals surface area contributed by atoms with Crippen LogP contribution in [-0.4, -0.2) is 24.2 Å². The largest absolute Gasteiger partial charge is 0.379 e. The first kappa shape index (κ1) is 6.59. The van der Waals surface area contributed by atoms with E-state index in [1.165, 1.54) is 0 Å². The van der Waals surface area contributed by atoms with Gasteiger partial charge in [-0.3, -0.25) is 5.32 Å². The molecular weight excluding hydrogens is 94.0 g/mol. The lowest BCUT2D eigenvalue weighted by atomic mass is 10.6. The molecule has 0 spiro atoms. The van der Waals surface area contributed by atoms with Gasteiger partial charge in [-0.15, -0.1) is 0 Å². The zero-order valence-corrected chi connectivity index (χ0v) is 4.22. The van der Waals surface area contributed by atoms with Crippen LogP contribution in [0.1, 0.15) is 6.92 Å². The van der Waals surface area contributed by atoms with Gasteiger partial charge in [0.2, 0.25) is 0 Å². The van der Waals surface area contributed by atoms with Crippen LogP contribution in [0.4, 0.5) is 0 Å². The van der Waals surface area contributed by atoms with Crippen molar-refractivity contribution >= 4 is 6.29 Å². The summed E-state index contributed by atoms with van der Waals surface area (Å²) in [5, 5.41) is 10.9. The first-order valence-corrected chi connectivity index (χ1v) is 2.12. The topological polar surface area (TPSA) is 49.3 Å². The molecule has 3 nitrogen and oxygen atoms in total. The molecule has 0 fully saturated rings. The van der Waals surface area contributed by atoms with Crippen LogP contribution < -0.4 is 5.32 Å². The lowest BCUT2D eigenvalue weighted by Crippen LogP contribution is -2.26. The van der Waals surface area contributed by atoms with E-state index in [2.05, 4.69) is 5.32 Å². The van der Waals surface area contributed by atoms with E-state index >= 15 is 0 Å². The van der Waals surface area contributed by atoms with Gasteiger partial charge >= 0.3 is 0 Å². The van der Waals surface area contributed by atoms with Gasteiger partial charge in [-0.2, -0.15) is 0 Å². The summed E-state index contributed by atoms with van der Waals surface area (Å²) in [6, 6.07) is 0. The Bertz CT molecular complexity index is 53.7. The molecule has 0 aromatic rings. The average molecular weight is 103 g/mol. The van der Waals surface area contributed by atoms with Gasteiger partial charge in [0.05, 0.1) is 6.54 Å². The molecule has 0 heterocycles. The van der Waals surface area contributed by atoms with Crippen LogP contribution in [0.2, 0.25) is 0 Å². The third-order valence-corrected chi connectivity index (χ3v) is 0.497. The molecule has 42 valence electrons. The van der Waals surface area contributed by atoms with E-state index in [4.69, 9.17) is 5.11 Å². The van der Waals surface area contributed by atoms with E-state index in [9.17, 15) is 4.79 Å². The third kappa shape index (κ3) is 5.59. The van der Waals surface area contributed by atoms with E-state index in [1.54, 1.807) is 6.92 Å². The molecule has 3 heteroatoms. The number of rotatable bonds is 3. The summed E-state index contributed by atoms with van der Waals surface area (Å²) in [7, 11) is 0. The van der Waals surface area contributed by atoms with Crippen molar-refractivity contribution in [2.45, 2.75) is 13.2 Å². The van der Waals surface area contributed by atoms with Crippen LogP contribution in [0.3, 0.4) is 0 Å². The van der Waals surface area contributed by atoms with E-state index in [-0.39, 0.29) is 6.54 Å². The minimum Gasteiger partial charge on any atom is -0.379 e. The molecule has 0 aliphatic carbocycles. The first-order valence-electron chi connectivity index (χ1n) is 2.12. The molecule has 2 N–H and O–H groups in total. The monoisotopic (exact) mass is 103 g/mol. The number of carbonyl (C=O) groups is 1. The minimum absolute atomic E-state index is 0.220. The Labute approximate surface area is 42.3 Å². The zero-order chi connectivity index (χ0) is 5.70. The van der Waals surface area contributed by atoms with E-state index in [0.717, 1.165) is 0 Å². The van der Waals surface area contributed by atoms with Crippen LogP contribution in [0, 0.1) is 0 Å². The molecule has 0 aromatic carbocycles. The minimum atomic E-state index is -0.579. The maximum atomic E-state index is 9.54. The molecule has 0 radical (unpaired) electrons. The second kappa shape index (κ2) is 3.77. The number of aliphatic hydroxyl groups is 1. The lowest BCUT2D eigenvalue weighted by Gasteiger charge is -1.99. The molecule has 1 atom stereocenters. The van der Waals surface area contributed by atoms with Gasteiger partial charge in [0, 0.05) is 0 Å². The summed E-state index contributed by atoms with van der Waals surface area (Å²) in [6.07, 6.45) is 0.123. The predicted octanol–water partition coefficient (Wildman–Crippen LogP) is -0.887. The normalized spacial score (nSPS) is 13.4.